The molecule has 0 aromatic heterocycles. The van der Waals surface area contributed by atoms with E-state index >= 15 is 0 Å². The number of benzene rings is 1. The van der Waals surface area contributed by atoms with Gasteiger partial charge in [-0.05, 0) is 30.2 Å². The molecule has 0 heterocycles. The van der Waals surface area contributed by atoms with E-state index in [0.717, 1.165) is 18.2 Å². The summed E-state index contributed by atoms with van der Waals surface area (Å²) in [6.45, 7) is 1.85. The van der Waals surface area contributed by atoms with Crippen LogP contribution in [0.5, 0.6) is 0 Å². The molecular formula is C12H16Cl2F3NO. The largest absolute Gasteiger partial charge is 0.416 e. The molecule has 1 rings (SSSR count). The van der Waals surface area contributed by atoms with Crippen molar-refractivity contribution in [3.05, 3.63) is 34.3 Å². The van der Waals surface area contributed by atoms with E-state index in [1.54, 1.807) is 0 Å². The fraction of sp³-hybridized carbons (Fsp3) is 0.500. The van der Waals surface area contributed by atoms with Crippen molar-refractivity contribution in [2.75, 3.05) is 0 Å². The molecule has 110 valence electrons. The number of hydrogen-bond donors (Lipinski definition) is 2. The summed E-state index contributed by atoms with van der Waals surface area (Å²) in [5.74, 6) is 0. The van der Waals surface area contributed by atoms with Crippen molar-refractivity contribution in [3.63, 3.8) is 0 Å². The van der Waals surface area contributed by atoms with Crippen molar-refractivity contribution in [2.45, 2.75) is 38.1 Å². The van der Waals surface area contributed by atoms with E-state index < -0.39 is 23.9 Å². The number of nitrogens with two attached hydrogens (primary N) is 1. The second kappa shape index (κ2) is 7.33. The molecule has 2 atom stereocenters. The molecule has 0 amide bonds. The third kappa shape index (κ3) is 4.84. The van der Waals surface area contributed by atoms with E-state index in [-0.39, 0.29) is 23.0 Å². The second-order valence-electron chi connectivity index (χ2n) is 4.12. The lowest BCUT2D eigenvalue weighted by atomic mass is 9.97. The van der Waals surface area contributed by atoms with Gasteiger partial charge in [0.1, 0.15) is 0 Å². The number of halogens is 5. The zero-order valence-electron chi connectivity index (χ0n) is 10.2. The molecule has 3 N–H and O–H groups in total. The number of aliphatic hydroxyl groups excluding tert-OH is 1. The molecular weight excluding hydrogens is 302 g/mol. The van der Waals surface area contributed by atoms with E-state index in [4.69, 9.17) is 17.3 Å². The van der Waals surface area contributed by atoms with E-state index in [1.165, 1.54) is 0 Å². The summed E-state index contributed by atoms with van der Waals surface area (Å²) in [7, 11) is 0. The van der Waals surface area contributed by atoms with Crippen LogP contribution in [0.15, 0.2) is 18.2 Å². The monoisotopic (exact) mass is 317 g/mol. The predicted octanol–water partition coefficient (Wildman–Crippen LogP) is 3.94. The Bertz CT molecular complexity index is 412. The van der Waals surface area contributed by atoms with Crippen molar-refractivity contribution in [3.8, 4) is 0 Å². The second-order valence-corrected chi connectivity index (χ2v) is 4.52. The van der Waals surface area contributed by atoms with Gasteiger partial charge in [0.2, 0.25) is 0 Å². The van der Waals surface area contributed by atoms with Crippen molar-refractivity contribution in [2.24, 2.45) is 5.73 Å². The van der Waals surface area contributed by atoms with Gasteiger partial charge in [0.25, 0.3) is 0 Å². The van der Waals surface area contributed by atoms with Crippen molar-refractivity contribution in [1.82, 2.24) is 0 Å². The highest BCUT2D eigenvalue weighted by atomic mass is 35.5. The molecule has 1 aromatic rings. The van der Waals surface area contributed by atoms with Crippen molar-refractivity contribution in [1.29, 1.82) is 0 Å². The summed E-state index contributed by atoms with van der Waals surface area (Å²) in [6, 6.07) is 2.02. The van der Waals surface area contributed by atoms with E-state index in [9.17, 15) is 18.3 Å². The SMILES string of the molecule is CCC[C@H](O)[C@H](N)c1cc(C(F)(F)F)ccc1Cl.Cl. The maximum atomic E-state index is 12.6. The lowest BCUT2D eigenvalue weighted by Gasteiger charge is -2.21. The van der Waals surface area contributed by atoms with E-state index in [2.05, 4.69) is 0 Å². The van der Waals surface area contributed by atoms with Gasteiger partial charge in [-0.2, -0.15) is 13.2 Å². The summed E-state index contributed by atoms with van der Waals surface area (Å²) in [5, 5.41) is 9.85. The maximum absolute atomic E-state index is 12.6. The normalized spacial score (nSPS) is 14.7. The summed E-state index contributed by atoms with van der Waals surface area (Å²) < 4.78 is 37.7. The Hall–Kier alpha value is -0.490. The minimum Gasteiger partial charge on any atom is -0.391 e. The highest BCUT2D eigenvalue weighted by Gasteiger charge is 2.32. The minimum atomic E-state index is -4.45. The van der Waals surface area contributed by atoms with Crippen LogP contribution in [-0.4, -0.2) is 11.2 Å². The van der Waals surface area contributed by atoms with Gasteiger partial charge in [-0.25, -0.2) is 0 Å². The highest BCUT2D eigenvalue weighted by Crippen LogP contribution is 2.34. The molecule has 0 saturated carbocycles. The molecule has 0 radical (unpaired) electrons. The molecule has 19 heavy (non-hydrogen) atoms. The maximum Gasteiger partial charge on any atom is 0.416 e. The van der Waals surface area contributed by atoms with Crippen LogP contribution in [-0.2, 0) is 6.18 Å². The average molecular weight is 318 g/mol. The summed E-state index contributed by atoms with van der Waals surface area (Å²) in [4.78, 5) is 0. The lowest BCUT2D eigenvalue weighted by molar-refractivity contribution is -0.137. The molecule has 0 fully saturated rings. The summed E-state index contributed by atoms with van der Waals surface area (Å²) in [5.41, 5.74) is 5.04. The number of hydrogen-bond acceptors (Lipinski definition) is 2. The van der Waals surface area contributed by atoms with Crippen LogP contribution in [0.25, 0.3) is 0 Å². The van der Waals surface area contributed by atoms with Gasteiger partial charge >= 0.3 is 6.18 Å². The molecule has 0 unspecified atom stereocenters. The van der Waals surface area contributed by atoms with Crippen molar-refractivity contribution >= 4 is 24.0 Å². The topological polar surface area (TPSA) is 46.2 Å². The zero-order chi connectivity index (χ0) is 13.9. The molecule has 0 bridgehead atoms. The third-order valence-electron chi connectivity index (χ3n) is 2.68. The van der Waals surface area contributed by atoms with E-state index in [1.807, 2.05) is 6.92 Å². The fourth-order valence-corrected chi connectivity index (χ4v) is 1.90. The van der Waals surface area contributed by atoms with E-state index in [0.29, 0.717) is 12.8 Å². The van der Waals surface area contributed by atoms with Crippen LogP contribution in [0.3, 0.4) is 0 Å². The minimum absolute atomic E-state index is 0. The Morgan fingerprint density at radius 3 is 2.42 bits per heavy atom. The number of rotatable bonds is 4. The average Bonchev–Trinajstić information content (AvgIpc) is 2.27. The zero-order valence-corrected chi connectivity index (χ0v) is 11.8. The lowest BCUT2D eigenvalue weighted by Crippen LogP contribution is -2.26. The molecule has 0 saturated heterocycles. The number of alkyl halides is 3. The first-order valence-electron chi connectivity index (χ1n) is 5.57. The summed E-state index contributed by atoms with van der Waals surface area (Å²) >= 11 is 5.83. The molecule has 0 aliphatic rings. The standard InChI is InChI=1S/C12H15ClF3NO.ClH/c1-2-3-10(18)11(17)8-6-7(12(14,15)16)4-5-9(8)13;/h4-6,10-11,18H,2-3,17H2,1H3;1H/t10-,11+;/m0./s1. The Morgan fingerprint density at radius 2 is 1.95 bits per heavy atom. The Morgan fingerprint density at radius 1 is 1.37 bits per heavy atom. The molecule has 0 aliphatic heterocycles. The van der Waals surface area contributed by atoms with Gasteiger partial charge in [-0.1, -0.05) is 24.9 Å². The molecule has 0 aliphatic carbocycles. The number of aliphatic hydroxyl groups is 1. The fourth-order valence-electron chi connectivity index (χ4n) is 1.66. The molecule has 0 spiro atoms. The molecule has 2 nitrogen and oxygen atoms in total. The van der Waals surface area contributed by atoms with Gasteiger partial charge in [-0.15, -0.1) is 12.4 Å². The van der Waals surface area contributed by atoms with Crippen LogP contribution < -0.4 is 5.73 Å². The smallest absolute Gasteiger partial charge is 0.391 e. The van der Waals surface area contributed by atoms with Crippen LogP contribution in [0.2, 0.25) is 5.02 Å². The van der Waals surface area contributed by atoms with Crippen LogP contribution in [0.4, 0.5) is 13.2 Å². The third-order valence-corrected chi connectivity index (χ3v) is 3.03. The molecule has 1 aromatic carbocycles. The Balaban J connectivity index is 0.00000324. The Labute approximate surface area is 121 Å². The van der Waals surface area contributed by atoms with Gasteiger partial charge in [0.05, 0.1) is 17.7 Å². The van der Waals surface area contributed by atoms with Gasteiger partial charge < -0.3 is 10.8 Å². The van der Waals surface area contributed by atoms with Crippen LogP contribution >= 0.6 is 24.0 Å². The quantitative estimate of drug-likeness (QED) is 0.883. The first-order valence-corrected chi connectivity index (χ1v) is 5.95. The Kier molecular flexibility index (Phi) is 7.15. The van der Waals surface area contributed by atoms with Crippen molar-refractivity contribution < 1.29 is 18.3 Å². The first kappa shape index (κ1) is 18.5. The van der Waals surface area contributed by atoms with Gasteiger partial charge in [0, 0.05) is 5.02 Å². The predicted molar refractivity (Wildman–Crippen MR) is 71.5 cm³/mol. The van der Waals surface area contributed by atoms with Gasteiger partial charge in [-0.3, -0.25) is 0 Å². The first-order chi connectivity index (χ1) is 8.27. The van der Waals surface area contributed by atoms with Gasteiger partial charge in [0.15, 0.2) is 0 Å². The summed E-state index contributed by atoms with van der Waals surface area (Å²) in [6.07, 6.45) is -4.26. The van der Waals surface area contributed by atoms with Crippen LogP contribution in [0.1, 0.15) is 36.9 Å². The highest BCUT2D eigenvalue weighted by molar-refractivity contribution is 6.31. The molecule has 7 heteroatoms. The van der Waals surface area contributed by atoms with Crippen LogP contribution in [0, 0.1) is 0 Å².